The lowest BCUT2D eigenvalue weighted by molar-refractivity contribution is -0.137. The quantitative estimate of drug-likeness (QED) is 0.283. The minimum Gasteiger partial charge on any atom is -0.377 e. The monoisotopic (exact) mass is 537 g/mol. The van der Waals surface area contributed by atoms with Gasteiger partial charge >= 0.3 is 6.18 Å². The topological polar surface area (TPSA) is 3.24 Å². The number of nitrogens with zero attached hydrogens (tertiary/aromatic N) is 1. The Kier molecular flexibility index (Phi) is 8.48. The molecule has 0 N–H and O–H groups in total. The van der Waals surface area contributed by atoms with Gasteiger partial charge in [0, 0.05) is 25.3 Å². The van der Waals surface area contributed by atoms with Gasteiger partial charge in [-0.2, -0.15) is 13.2 Å². The summed E-state index contributed by atoms with van der Waals surface area (Å²) in [6, 6.07) is 20.9. The zero-order chi connectivity index (χ0) is 26.7. The van der Waals surface area contributed by atoms with E-state index in [0.29, 0.717) is 0 Å². The molecule has 0 radical (unpaired) electrons. The smallest absolute Gasteiger partial charge is 0.377 e. The zero-order valence-corrected chi connectivity index (χ0v) is 23.5. The van der Waals surface area contributed by atoms with Crippen LogP contribution in [0.25, 0.3) is 22.3 Å². The van der Waals surface area contributed by atoms with Gasteiger partial charge in [0.2, 0.25) is 0 Å². The molecule has 5 rings (SSSR count). The summed E-state index contributed by atoms with van der Waals surface area (Å²) in [5, 5.41) is 1.50. The summed E-state index contributed by atoms with van der Waals surface area (Å²) in [5.41, 5.74) is 6.28. The number of hydrogen-bond acceptors (Lipinski definition) is 1. The van der Waals surface area contributed by atoms with Gasteiger partial charge in [-0.15, -0.1) is 0 Å². The van der Waals surface area contributed by atoms with E-state index in [0.717, 1.165) is 33.7 Å². The lowest BCUT2D eigenvalue weighted by atomic mass is 9.92. The van der Waals surface area contributed by atoms with Gasteiger partial charge in [-0.3, -0.25) is 0 Å². The third-order valence-corrected chi connectivity index (χ3v) is 12.0. The maximum absolute atomic E-state index is 13.3. The normalized spacial score (nSPS) is 17.6. The summed E-state index contributed by atoms with van der Waals surface area (Å²) >= 11 is 0. The van der Waals surface area contributed by atoms with E-state index in [2.05, 4.69) is 55.4 Å². The second kappa shape index (κ2) is 11.8. The molecule has 0 amide bonds. The Morgan fingerprint density at radius 2 is 1.21 bits per heavy atom. The molecule has 5 heteroatoms. The van der Waals surface area contributed by atoms with Crippen LogP contribution in [0.3, 0.4) is 0 Å². The van der Waals surface area contributed by atoms with Gasteiger partial charge in [0.25, 0.3) is 0 Å². The van der Waals surface area contributed by atoms with E-state index in [9.17, 15) is 13.2 Å². The van der Waals surface area contributed by atoms with Crippen molar-refractivity contribution < 1.29 is 13.2 Å². The van der Waals surface area contributed by atoms with Crippen LogP contribution in [0.15, 0.2) is 66.7 Å². The number of rotatable bonds is 6. The van der Waals surface area contributed by atoms with Gasteiger partial charge in [-0.25, -0.2) is 0 Å². The van der Waals surface area contributed by atoms with Crippen molar-refractivity contribution in [3.8, 4) is 22.3 Å². The molecular weight excluding hydrogens is 498 g/mol. The predicted molar refractivity (Wildman–Crippen MR) is 157 cm³/mol. The lowest BCUT2D eigenvalue weighted by Gasteiger charge is -2.40. The van der Waals surface area contributed by atoms with Crippen molar-refractivity contribution in [2.24, 2.45) is 0 Å². The van der Waals surface area contributed by atoms with Gasteiger partial charge in [-0.1, -0.05) is 95.0 Å². The van der Waals surface area contributed by atoms with Gasteiger partial charge < -0.3 is 4.90 Å². The van der Waals surface area contributed by atoms with Crippen molar-refractivity contribution in [2.45, 2.75) is 81.7 Å². The van der Waals surface area contributed by atoms with Crippen LogP contribution in [0.1, 0.15) is 69.8 Å². The third-order valence-electron chi connectivity index (χ3n) is 8.44. The van der Waals surface area contributed by atoms with Crippen LogP contribution in [0, 0.1) is 0 Å². The van der Waals surface area contributed by atoms with Crippen LogP contribution in [-0.4, -0.2) is 25.4 Å². The minimum atomic E-state index is -4.34. The second-order valence-electron chi connectivity index (χ2n) is 11.2. The SMILES string of the molecule is CN(C)c1cccc(-c2ccc(C(F)(F)F)cc2)c1-c1ccccc1P(C1CCCCC1)C1CCCCC1. The largest absolute Gasteiger partial charge is 0.416 e. The predicted octanol–water partition coefficient (Wildman–Crippen LogP) is 9.88. The molecule has 0 heterocycles. The molecule has 2 fully saturated rings. The Morgan fingerprint density at radius 3 is 1.76 bits per heavy atom. The van der Waals surface area contributed by atoms with Gasteiger partial charge in [0.1, 0.15) is 0 Å². The molecule has 2 aliphatic carbocycles. The van der Waals surface area contributed by atoms with E-state index in [1.807, 2.05) is 6.07 Å². The summed E-state index contributed by atoms with van der Waals surface area (Å²) in [7, 11) is 3.78. The number of hydrogen-bond donors (Lipinski definition) is 0. The summed E-state index contributed by atoms with van der Waals surface area (Å²) in [6.45, 7) is 0. The van der Waals surface area contributed by atoms with Gasteiger partial charge in [-0.05, 0) is 77.2 Å². The maximum atomic E-state index is 13.3. The molecule has 1 nitrogen and oxygen atoms in total. The van der Waals surface area contributed by atoms with Crippen molar-refractivity contribution >= 4 is 18.9 Å². The Morgan fingerprint density at radius 1 is 0.658 bits per heavy atom. The van der Waals surface area contributed by atoms with Crippen molar-refractivity contribution in [2.75, 3.05) is 19.0 Å². The van der Waals surface area contributed by atoms with E-state index in [1.54, 1.807) is 12.1 Å². The number of benzene rings is 3. The van der Waals surface area contributed by atoms with Gasteiger partial charge in [0.05, 0.1) is 5.56 Å². The summed E-state index contributed by atoms with van der Waals surface area (Å²) < 4.78 is 40.0. The first-order valence-corrected chi connectivity index (χ1v) is 15.7. The molecule has 38 heavy (non-hydrogen) atoms. The van der Waals surface area contributed by atoms with Crippen LogP contribution in [0.2, 0.25) is 0 Å². The number of alkyl halides is 3. The van der Waals surface area contributed by atoms with E-state index < -0.39 is 11.7 Å². The first-order valence-electron chi connectivity index (χ1n) is 14.2. The highest BCUT2D eigenvalue weighted by Crippen LogP contribution is 2.57. The van der Waals surface area contributed by atoms with Crippen LogP contribution in [-0.2, 0) is 6.18 Å². The molecule has 0 unspecified atom stereocenters. The molecule has 0 saturated heterocycles. The second-order valence-corrected chi connectivity index (χ2v) is 13.9. The third kappa shape index (κ3) is 5.81. The van der Waals surface area contributed by atoms with Crippen molar-refractivity contribution in [3.63, 3.8) is 0 Å². The molecule has 3 aromatic rings. The lowest BCUT2D eigenvalue weighted by Crippen LogP contribution is -2.27. The molecule has 0 atom stereocenters. The summed E-state index contributed by atoms with van der Waals surface area (Å²) in [6.07, 6.45) is 9.04. The first-order chi connectivity index (χ1) is 18.3. The molecule has 0 aliphatic heterocycles. The van der Waals surface area contributed by atoms with Crippen LogP contribution < -0.4 is 10.2 Å². The Labute approximate surface area is 227 Å². The molecular formula is C33H39F3NP. The fraction of sp³-hybridized carbons (Fsp3) is 0.455. The van der Waals surface area contributed by atoms with Crippen LogP contribution in [0.4, 0.5) is 18.9 Å². The Hall–Kier alpha value is -2.32. The van der Waals surface area contributed by atoms with Crippen LogP contribution in [0.5, 0.6) is 0 Å². The van der Waals surface area contributed by atoms with Gasteiger partial charge in [0.15, 0.2) is 0 Å². The highest BCUT2D eigenvalue weighted by molar-refractivity contribution is 7.67. The standard InChI is InChI=1S/C33H39F3NP/c1-37(2)30-18-11-17-28(24-20-22-25(23-21-24)33(34,35)36)32(30)29-16-9-10-19-31(29)38(26-12-5-3-6-13-26)27-14-7-4-8-15-27/h9-11,16-23,26-27H,3-8,12-15H2,1-2H3. The first kappa shape index (κ1) is 27.3. The Bertz CT molecular complexity index is 1190. The Balaban J connectivity index is 1.67. The highest BCUT2D eigenvalue weighted by atomic mass is 31.1. The van der Waals surface area contributed by atoms with E-state index in [-0.39, 0.29) is 7.92 Å². The maximum Gasteiger partial charge on any atom is 0.416 e. The average Bonchev–Trinajstić information content (AvgIpc) is 2.94. The van der Waals surface area contributed by atoms with E-state index in [4.69, 9.17) is 0 Å². The van der Waals surface area contributed by atoms with E-state index in [1.165, 1.54) is 87.2 Å². The average molecular weight is 538 g/mol. The fourth-order valence-corrected chi connectivity index (χ4v) is 10.5. The molecule has 3 aromatic carbocycles. The summed E-state index contributed by atoms with van der Waals surface area (Å²) in [4.78, 5) is 2.14. The zero-order valence-electron chi connectivity index (χ0n) is 22.6. The molecule has 0 bridgehead atoms. The molecule has 2 saturated carbocycles. The number of anilines is 1. The molecule has 2 aliphatic rings. The van der Waals surface area contributed by atoms with Crippen molar-refractivity contribution in [1.29, 1.82) is 0 Å². The van der Waals surface area contributed by atoms with E-state index >= 15 is 0 Å². The van der Waals surface area contributed by atoms with Crippen molar-refractivity contribution in [3.05, 3.63) is 72.3 Å². The van der Waals surface area contributed by atoms with Crippen LogP contribution >= 0.6 is 7.92 Å². The highest BCUT2D eigenvalue weighted by Gasteiger charge is 2.34. The fourth-order valence-electron chi connectivity index (χ4n) is 6.60. The molecule has 0 spiro atoms. The minimum absolute atomic E-state index is 0.337. The van der Waals surface area contributed by atoms with Crippen molar-refractivity contribution in [1.82, 2.24) is 0 Å². The summed E-state index contributed by atoms with van der Waals surface area (Å²) in [5.74, 6) is 0. The number of halogens is 3. The molecule has 202 valence electrons. The molecule has 0 aromatic heterocycles.